The van der Waals surface area contributed by atoms with Crippen molar-refractivity contribution in [3.8, 4) is 11.3 Å². The number of nitrogens with one attached hydrogen (secondary N) is 1. The third kappa shape index (κ3) is 6.79. The van der Waals surface area contributed by atoms with Crippen LogP contribution in [0.25, 0.3) is 22.4 Å². The van der Waals surface area contributed by atoms with E-state index in [0.717, 1.165) is 29.5 Å². The summed E-state index contributed by atoms with van der Waals surface area (Å²) in [5.74, 6) is 0.497. The number of carbonyl (C=O) groups excluding carboxylic acids is 1. The van der Waals surface area contributed by atoms with Gasteiger partial charge < -0.3 is 14.3 Å². The van der Waals surface area contributed by atoms with Crippen LogP contribution in [0.15, 0.2) is 34.7 Å². The van der Waals surface area contributed by atoms with Crippen molar-refractivity contribution in [2.45, 2.75) is 52.0 Å². The predicted octanol–water partition coefficient (Wildman–Crippen LogP) is 5.70. The third-order valence-electron chi connectivity index (χ3n) is 6.87. The van der Waals surface area contributed by atoms with Gasteiger partial charge in [-0.3, -0.25) is 13.9 Å². The molecule has 2 aromatic heterocycles. The van der Waals surface area contributed by atoms with Gasteiger partial charge in [0.2, 0.25) is 17.0 Å². The smallest absolute Gasteiger partial charge is 0.255 e. The van der Waals surface area contributed by atoms with Crippen molar-refractivity contribution >= 4 is 35.6 Å². The molecule has 11 heteroatoms. The molecule has 1 aromatic carbocycles. The van der Waals surface area contributed by atoms with Gasteiger partial charge in [0.25, 0.3) is 5.91 Å². The van der Waals surface area contributed by atoms with E-state index >= 15 is 0 Å². The van der Waals surface area contributed by atoms with Gasteiger partial charge in [-0.1, -0.05) is 36.8 Å². The average molecular weight is 562 g/mol. The Morgan fingerprint density at radius 3 is 2.61 bits per heavy atom. The van der Waals surface area contributed by atoms with E-state index in [0.29, 0.717) is 66.2 Å². The number of carbonyl (C=O) groups is 1. The summed E-state index contributed by atoms with van der Waals surface area (Å²) in [6.07, 6.45) is 3.73. The van der Waals surface area contributed by atoms with Gasteiger partial charge in [-0.05, 0) is 50.2 Å². The lowest BCUT2D eigenvalue weighted by Gasteiger charge is -2.19. The van der Waals surface area contributed by atoms with Gasteiger partial charge >= 0.3 is 0 Å². The molecule has 1 saturated carbocycles. The van der Waals surface area contributed by atoms with Gasteiger partial charge in [0.15, 0.2) is 7.37 Å². The SMILES string of the molecule is CCP(C)(=O)OCCCCN(Cc1nc2oc(-c3ccc(C)cc3)c(C(=O)NC)c2cc1C1CC1)S(=O)O. The molecule has 0 radical (unpaired) electrons. The Kier molecular flexibility index (Phi) is 9.21. The van der Waals surface area contributed by atoms with Gasteiger partial charge in [0.1, 0.15) is 5.76 Å². The minimum absolute atomic E-state index is 0.169. The number of furan rings is 1. The van der Waals surface area contributed by atoms with Crippen molar-refractivity contribution in [3.05, 3.63) is 52.7 Å². The van der Waals surface area contributed by atoms with Crippen LogP contribution in [0.5, 0.6) is 0 Å². The van der Waals surface area contributed by atoms with Gasteiger partial charge in [-0.2, -0.15) is 4.31 Å². The molecule has 2 heterocycles. The normalized spacial score (nSPS) is 16.1. The first-order chi connectivity index (χ1) is 18.1. The van der Waals surface area contributed by atoms with Crippen molar-refractivity contribution in [2.75, 3.05) is 33.0 Å². The molecule has 206 valence electrons. The fourth-order valence-corrected chi connectivity index (χ4v) is 5.54. The Labute approximate surface area is 226 Å². The van der Waals surface area contributed by atoms with Crippen LogP contribution in [-0.4, -0.2) is 57.0 Å². The molecule has 4 rings (SSSR count). The zero-order valence-corrected chi connectivity index (χ0v) is 24.1. The number of benzene rings is 1. The molecule has 1 aliphatic carbocycles. The highest BCUT2D eigenvalue weighted by molar-refractivity contribution is 7.76. The summed E-state index contributed by atoms with van der Waals surface area (Å²) in [5, 5.41) is 3.36. The first kappa shape index (κ1) is 28.6. The Balaban J connectivity index is 1.63. The molecular formula is C27H36N3O6PS. The monoisotopic (exact) mass is 561 g/mol. The Bertz CT molecular complexity index is 1370. The summed E-state index contributed by atoms with van der Waals surface area (Å²) in [7, 11) is -0.966. The van der Waals surface area contributed by atoms with Crippen molar-refractivity contribution in [2.24, 2.45) is 0 Å². The summed E-state index contributed by atoms with van der Waals surface area (Å²) in [6, 6.07) is 9.73. The van der Waals surface area contributed by atoms with Crippen molar-refractivity contribution in [1.29, 1.82) is 0 Å². The summed E-state index contributed by atoms with van der Waals surface area (Å²) in [5.41, 5.74) is 4.30. The lowest BCUT2D eigenvalue weighted by Crippen LogP contribution is -2.27. The minimum atomic E-state index is -2.55. The molecule has 2 N–H and O–H groups in total. The van der Waals surface area contributed by atoms with Gasteiger partial charge in [0.05, 0.1) is 29.8 Å². The number of pyridine rings is 1. The quantitative estimate of drug-likeness (QED) is 0.156. The number of hydrogen-bond acceptors (Lipinski definition) is 6. The van der Waals surface area contributed by atoms with E-state index in [2.05, 4.69) is 5.32 Å². The Morgan fingerprint density at radius 2 is 2.00 bits per heavy atom. The first-order valence-corrected chi connectivity index (χ1v) is 16.3. The number of aryl methyl sites for hydroxylation is 1. The third-order valence-corrected chi connectivity index (χ3v) is 9.50. The minimum Gasteiger partial charge on any atom is -0.437 e. The van der Waals surface area contributed by atoms with Crippen LogP contribution in [0.1, 0.15) is 65.7 Å². The number of aromatic nitrogens is 1. The zero-order valence-electron chi connectivity index (χ0n) is 22.4. The van der Waals surface area contributed by atoms with E-state index in [-0.39, 0.29) is 12.5 Å². The summed E-state index contributed by atoms with van der Waals surface area (Å²) >= 11 is -2.20. The molecule has 0 saturated heterocycles. The maximum absolute atomic E-state index is 12.9. The van der Waals surface area contributed by atoms with E-state index in [1.165, 1.54) is 4.31 Å². The fraction of sp³-hybridized carbons (Fsp3) is 0.481. The maximum Gasteiger partial charge on any atom is 0.255 e. The van der Waals surface area contributed by atoms with E-state index in [1.807, 2.05) is 44.2 Å². The fourth-order valence-electron chi connectivity index (χ4n) is 4.33. The number of hydrogen-bond donors (Lipinski definition) is 2. The molecule has 1 fully saturated rings. The predicted molar refractivity (Wildman–Crippen MR) is 150 cm³/mol. The maximum atomic E-state index is 12.9. The van der Waals surface area contributed by atoms with Crippen molar-refractivity contribution < 1.29 is 27.1 Å². The van der Waals surface area contributed by atoms with Crippen LogP contribution in [-0.2, 0) is 26.9 Å². The second-order valence-corrected chi connectivity index (χ2v) is 13.8. The Morgan fingerprint density at radius 1 is 1.29 bits per heavy atom. The summed E-state index contributed by atoms with van der Waals surface area (Å²) in [4.78, 5) is 17.7. The number of rotatable bonds is 13. The van der Waals surface area contributed by atoms with Gasteiger partial charge in [0, 0.05) is 32.0 Å². The second kappa shape index (κ2) is 12.2. The second-order valence-electron chi connectivity index (χ2n) is 9.87. The first-order valence-electron chi connectivity index (χ1n) is 13.0. The molecule has 0 aliphatic heterocycles. The Hall–Kier alpha value is -2.36. The van der Waals surface area contributed by atoms with Crippen LogP contribution in [0.2, 0.25) is 0 Å². The molecule has 1 amide bonds. The van der Waals surface area contributed by atoms with Crippen LogP contribution < -0.4 is 5.32 Å². The highest BCUT2D eigenvalue weighted by Crippen LogP contribution is 2.44. The van der Waals surface area contributed by atoms with Crippen LogP contribution in [0.4, 0.5) is 0 Å². The largest absolute Gasteiger partial charge is 0.437 e. The lowest BCUT2D eigenvalue weighted by molar-refractivity contribution is 0.0964. The van der Waals surface area contributed by atoms with Crippen LogP contribution in [0, 0.1) is 6.92 Å². The van der Waals surface area contributed by atoms with E-state index < -0.39 is 18.6 Å². The molecule has 2 unspecified atom stereocenters. The van der Waals surface area contributed by atoms with E-state index in [4.69, 9.17) is 13.9 Å². The average Bonchev–Trinajstić information content (AvgIpc) is 3.67. The number of unbranched alkanes of at least 4 members (excludes halogenated alkanes) is 1. The number of amides is 1. The molecule has 0 spiro atoms. The topological polar surface area (TPSA) is 122 Å². The van der Waals surface area contributed by atoms with Crippen molar-refractivity contribution in [1.82, 2.24) is 14.6 Å². The highest BCUT2D eigenvalue weighted by Gasteiger charge is 2.31. The number of nitrogens with zero attached hydrogens (tertiary/aromatic N) is 2. The molecule has 0 bridgehead atoms. The molecule has 3 aromatic rings. The molecule has 38 heavy (non-hydrogen) atoms. The van der Waals surface area contributed by atoms with E-state index in [9.17, 15) is 18.1 Å². The molecule has 2 atom stereocenters. The molecular weight excluding hydrogens is 525 g/mol. The van der Waals surface area contributed by atoms with E-state index in [1.54, 1.807) is 13.7 Å². The van der Waals surface area contributed by atoms with Gasteiger partial charge in [-0.25, -0.2) is 9.19 Å². The highest BCUT2D eigenvalue weighted by atomic mass is 32.2. The van der Waals surface area contributed by atoms with Crippen LogP contribution in [0.3, 0.4) is 0 Å². The number of fused-ring (bicyclic) bond motifs is 1. The standard InChI is InChI=1S/C27H36N3O6PS/c1-5-37(4,32)35-15-7-6-14-30(38(33)34)17-23-21(19-12-13-19)16-22-24(26(31)28-3)25(36-27(22)29-23)20-10-8-18(2)9-11-20/h8-11,16,19H,5-7,12-15,17H2,1-4H3,(H,28,31)(H,33,34). The lowest BCUT2D eigenvalue weighted by atomic mass is 10.0. The molecule has 1 aliphatic rings. The summed E-state index contributed by atoms with van der Waals surface area (Å²) in [6.45, 7) is 6.32. The summed E-state index contributed by atoms with van der Waals surface area (Å²) < 4.78 is 47.4. The van der Waals surface area contributed by atoms with Gasteiger partial charge in [-0.15, -0.1) is 0 Å². The van der Waals surface area contributed by atoms with Crippen LogP contribution >= 0.6 is 7.37 Å². The molecule has 9 nitrogen and oxygen atoms in total. The zero-order chi connectivity index (χ0) is 27.4. The van der Waals surface area contributed by atoms with Crippen molar-refractivity contribution in [3.63, 3.8) is 0 Å².